The van der Waals surface area contributed by atoms with Crippen LogP contribution in [0.1, 0.15) is 17.3 Å². The summed E-state index contributed by atoms with van der Waals surface area (Å²) in [5, 5.41) is 3.52. The molecule has 0 aliphatic heterocycles. The quantitative estimate of drug-likeness (QED) is 0.498. The molecular weight excluding hydrogens is 362 g/mol. The zero-order valence-corrected chi connectivity index (χ0v) is 15.8. The van der Waals surface area contributed by atoms with Crippen LogP contribution in [0.2, 0.25) is 0 Å². The van der Waals surface area contributed by atoms with Crippen LogP contribution in [-0.2, 0) is 4.79 Å². The Morgan fingerprint density at radius 2 is 1.89 bits per heavy atom. The number of imidazole rings is 1. The molecule has 7 heteroatoms. The molecule has 0 aliphatic rings. The van der Waals surface area contributed by atoms with Gasteiger partial charge in [0, 0.05) is 23.6 Å². The summed E-state index contributed by atoms with van der Waals surface area (Å²) in [6.07, 6.45) is 3.52. The first-order valence-electron chi connectivity index (χ1n) is 8.29. The number of para-hydroxylation sites is 2. The van der Waals surface area contributed by atoms with Crippen LogP contribution in [0.5, 0.6) is 5.75 Å². The number of methoxy groups -OCH3 is 1. The number of carbonyl (C=O) groups is 2. The number of nitrogens with one attached hydrogen (secondary N) is 1. The van der Waals surface area contributed by atoms with E-state index in [9.17, 15) is 9.59 Å². The first kappa shape index (κ1) is 18.7. The van der Waals surface area contributed by atoms with E-state index in [1.54, 1.807) is 37.6 Å². The van der Waals surface area contributed by atoms with E-state index in [4.69, 9.17) is 4.74 Å². The van der Waals surface area contributed by atoms with Crippen molar-refractivity contribution in [2.45, 2.75) is 12.1 Å². The number of thioether (sulfide) groups is 1. The van der Waals surface area contributed by atoms with Crippen LogP contribution in [0.15, 0.2) is 66.1 Å². The average molecular weight is 381 g/mol. The Kier molecular flexibility index (Phi) is 5.93. The molecule has 0 saturated carbocycles. The third kappa shape index (κ3) is 4.57. The van der Waals surface area contributed by atoms with Crippen molar-refractivity contribution in [1.82, 2.24) is 9.55 Å². The summed E-state index contributed by atoms with van der Waals surface area (Å²) in [6.45, 7) is 1.51. The molecule has 0 aliphatic carbocycles. The number of carbonyl (C=O) groups excluding carboxylic acids is 2. The van der Waals surface area contributed by atoms with Crippen LogP contribution in [0.4, 0.5) is 5.69 Å². The highest BCUT2D eigenvalue weighted by atomic mass is 32.2. The van der Waals surface area contributed by atoms with Crippen molar-refractivity contribution in [3.05, 3.63) is 66.5 Å². The van der Waals surface area contributed by atoms with Crippen molar-refractivity contribution in [3.8, 4) is 11.4 Å². The fraction of sp³-hybridized carbons (Fsp3) is 0.150. The van der Waals surface area contributed by atoms with Gasteiger partial charge in [0.15, 0.2) is 10.9 Å². The number of ether oxygens (including phenoxy) is 1. The molecule has 3 aromatic rings. The van der Waals surface area contributed by atoms with E-state index in [-0.39, 0.29) is 17.4 Å². The lowest BCUT2D eigenvalue weighted by molar-refractivity contribution is -0.113. The van der Waals surface area contributed by atoms with E-state index < -0.39 is 0 Å². The molecule has 1 heterocycles. The van der Waals surface area contributed by atoms with Gasteiger partial charge in [-0.3, -0.25) is 14.2 Å². The molecule has 6 nitrogen and oxygen atoms in total. The second-order valence-corrected chi connectivity index (χ2v) is 6.66. The highest BCUT2D eigenvalue weighted by molar-refractivity contribution is 7.99. The lowest BCUT2D eigenvalue weighted by Crippen LogP contribution is -2.14. The largest absolute Gasteiger partial charge is 0.495 e. The first-order valence-corrected chi connectivity index (χ1v) is 9.27. The van der Waals surface area contributed by atoms with Crippen LogP contribution in [-0.4, -0.2) is 34.1 Å². The standard InChI is InChI=1S/C20H19N3O3S/c1-14(24)15-7-9-16(10-8-15)22-19(25)13-27-20-21-11-12-23(20)17-5-3-4-6-18(17)26-2/h3-12H,13H2,1-2H3,(H,22,25). The van der Waals surface area contributed by atoms with E-state index in [0.29, 0.717) is 16.4 Å². The third-order valence-electron chi connectivity index (χ3n) is 3.86. The summed E-state index contributed by atoms with van der Waals surface area (Å²) in [5.41, 5.74) is 2.13. The number of rotatable bonds is 7. The number of Topliss-reactive ketones (excluding diaryl/α,β-unsaturated/α-hetero) is 1. The van der Waals surface area contributed by atoms with E-state index in [0.717, 1.165) is 11.4 Å². The molecule has 2 aromatic carbocycles. The highest BCUT2D eigenvalue weighted by Gasteiger charge is 2.12. The molecule has 0 unspecified atom stereocenters. The SMILES string of the molecule is COc1ccccc1-n1ccnc1SCC(=O)Nc1ccc(C(C)=O)cc1. The lowest BCUT2D eigenvalue weighted by atomic mass is 10.1. The number of hydrogen-bond donors (Lipinski definition) is 1. The number of amides is 1. The van der Waals surface area contributed by atoms with Crippen LogP contribution in [0.25, 0.3) is 5.69 Å². The molecule has 1 amide bonds. The highest BCUT2D eigenvalue weighted by Crippen LogP contribution is 2.27. The van der Waals surface area contributed by atoms with Crippen LogP contribution in [0.3, 0.4) is 0 Å². The number of aromatic nitrogens is 2. The van der Waals surface area contributed by atoms with Crippen LogP contribution in [0, 0.1) is 0 Å². The zero-order valence-electron chi connectivity index (χ0n) is 15.0. The predicted octanol–water partition coefficient (Wildman–Crippen LogP) is 3.81. The van der Waals surface area contributed by atoms with Crippen LogP contribution >= 0.6 is 11.8 Å². The van der Waals surface area contributed by atoms with Gasteiger partial charge in [0.05, 0.1) is 18.6 Å². The van der Waals surface area contributed by atoms with Crippen molar-refractivity contribution in [3.63, 3.8) is 0 Å². The first-order chi connectivity index (χ1) is 13.1. The van der Waals surface area contributed by atoms with Gasteiger partial charge in [-0.15, -0.1) is 0 Å². The summed E-state index contributed by atoms with van der Waals surface area (Å²) >= 11 is 1.33. The predicted molar refractivity (Wildman–Crippen MR) is 106 cm³/mol. The van der Waals surface area contributed by atoms with Gasteiger partial charge in [-0.25, -0.2) is 4.98 Å². The monoisotopic (exact) mass is 381 g/mol. The van der Waals surface area contributed by atoms with Gasteiger partial charge in [0.1, 0.15) is 5.75 Å². The molecule has 0 atom stereocenters. The molecule has 138 valence electrons. The maximum absolute atomic E-state index is 12.2. The van der Waals surface area contributed by atoms with Crippen molar-refractivity contribution < 1.29 is 14.3 Å². The smallest absolute Gasteiger partial charge is 0.234 e. The third-order valence-corrected chi connectivity index (χ3v) is 4.83. The number of anilines is 1. The van der Waals surface area contributed by atoms with Gasteiger partial charge >= 0.3 is 0 Å². The Morgan fingerprint density at radius 3 is 2.59 bits per heavy atom. The van der Waals surface area contributed by atoms with Gasteiger partial charge in [0.2, 0.25) is 5.91 Å². The zero-order chi connectivity index (χ0) is 19.2. The number of nitrogens with zero attached hydrogens (tertiary/aromatic N) is 2. The van der Waals surface area contributed by atoms with Gasteiger partial charge in [-0.2, -0.15) is 0 Å². The van der Waals surface area contributed by atoms with E-state index >= 15 is 0 Å². The summed E-state index contributed by atoms with van der Waals surface area (Å²) < 4.78 is 7.28. The summed E-state index contributed by atoms with van der Waals surface area (Å²) in [7, 11) is 1.62. The second-order valence-electron chi connectivity index (χ2n) is 5.72. The number of hydrogen-bond acceptors (Lipinski definition) is 5. The van der Waals surface area contributed by atoms with Crippen LogP contribution < -0.4 is 10.1 Å². The average Bonchev–Trinajstić information content (AvgIpc) is 3.15. The topological polar surface area (TPSA) is 73.2 Å². The summed E-state index contributed by atoms with van der Waals surface area (Å²) in [4.78, 5) is 27.9. The molecule has 0 fully saturated rings. The fourth-order valence-electron chi connectivity index (χ4n) is 2.52. The molecular formula is C20H19N3O3S. The minimum absolute atomic E-state index is 0.00777. The van der Waals surface area contributed by atoms with Gasteiger partial charge in [0.25, 0.3) is 0 Å². The molecule has 0 saturated heterocycles. The van der Waals surface area contributed by atoms with Gasteiger partial charge in [-0.1, -0.05) is 23.9 Å². The molecule has 27 heavy (non-hydrogen) atoms. The minimum Gasteiger partial charge on any atom is -0.495 e. The molecule has 1 aromatic heterocycles. The number of benzene rings is 2. The van der Waals surface area contributed by atoms with Crippen molar-refractivity contribution in [1.29, 1.82) is 0 Å². The van der Waals surface area contributed by atoms with Crippen molar-refractivity contribution >= 4 is 29.1 Å². The van der Waals surface area contributed by atoms with Gasteiger partial charge in [-0.05, 0) is 43.3 Å². The maximum atomic E-state index is 12.2. The Labute approximate surface area is 161 Å². The molecule has 0 bridgehead atoms. The molecule has 0 radical (unpaired) electrons. The lowest BCUT2D eigenvalue weighted by Gasteiger charge is -2.11. The van der Waals surface area contributed by atoms with E-state index in [1.807, 2.05) is 35.0 Å². The minimum atomic E-state index is -0.148. The maximum Gasteiger partial charge on any atom is 0.234 e. The van der Waals surface area contributed by atoms with Crippen molar-refractivity contribution in [2.24, 2.45) is 0 Å². The summed E-state index contributed by atoms with van der Waals surface area (Å²) in [6, 6.07) is 14.5. The Bertz CT molecular complexity index is 951. The Morgan fingerprint density at radius 1 is 1.15 bits per heavy atom. The normalized spacial score (nSPS) is 10.4. The Hall–Kier alpha value is -3.06. The molecule has 1 N–H and O–H groups in total. The Balaban J connectivity index is 1.65. The van der Waals surface area contributed by atoms with E-state index in [1.165, 1.54) is 18.7 Å². The summed E-state index contributed by atoms with van der Waals surface area (Å²) in [5.74, 6) is 0.782. The number of ketones is 1. The molecule has 0 spiro atoms. The van der Waals surface area contributed by atoms with E-state index in [2.05, 4.69) is 10.3 Å². The fourth-order valence-corrected chi connectivity index (χ4v) is 3.29. The molecule has 3 rings (SSSR count). The van der Waals surface area contributed by atoms with Crippen molar-refractivity contribution in [2.75, 3.05) is 18.2 Å². The second kappa shape index (κ2) is 8.55. The van der Waals surface area contributed by atoms with Gasteiger partial charge < -0.3 is 10.1 Å².